The third-order valence-electron chi connectivity index (χ3n) is 4.84. The molecule has 9 heteroatoms. The van der Waals surface area contributed by atoms with Gasteiger partial charge >= 0.3 is 0 Å². The zero-order valence-corrected chi connectivity index (χ0v) is 17.1. The Balaban J connectivity index is 1.85. The molecule has 0 unspecified atom stereocenters. The van der Waals surface area contributed by atoms with Crippen molar-refractivity contribution in [2.75, 3.05) is 30.2 Å². The topological polar surface area (TPSA) is 104 Å². The number of likely N-dealkylation sites (tertiary alicyclic amines) is 1. The van der Waals surface area contributed by atoms with Crippen molar-refractivity contribution in [3.05, 3.63) is 36.3 Å². The number of hydrogen-bond acceptors (Lipinski definition) is 6. The average molecular weight is 404 g/mol. The molecule has 0 atom stereocenters. The second kappa shape index (κ2) is 8.24. The van der Waals surface area contributed by atoms with E-state index in [9.17, 15) is 13.2 Å². The quantitative estimate of drug-likeness (QED) is 0.793. The minimum absolute atomic E-state index is 0.210. The summed E-state index contributed by atoms with van der Waals surface area (Å²) in [5.41, 5.74) is 2.59. The number of nitrogens with zero attached hydrogens (tertiary/aromatic N) is 3. The molecule has 150 valence electrons. The molecule has 1 saturated heterocycles. The van der Waals surface area contributed by atoms with Gasteiger partial charge in [-0.25, -0.2) is 13.4 Å². The normalized spacial score (nSPS) is 16.0. The average Bonchev–Trinajstić information content (AvgIpc) is 2.63. The molecule has 0 aliphatic carbocycles. The van der Waals surface area contributed by atoms with Crippen LogP contribution in [0.2, 0.25) is 0 Å². The van der Waals surface area contributed by atoms with Crippen LogP contribution in [0, 0.1) is 6.92 Å². The summed E-state index contributed by atoms with van der Waals surface area (Å²) in [6.07, 6.45) is 4.49. The third kappa shape index (κ3) is 4.85. The smallest absolute Gasteiger partial charge is 0.235 e. The van der Waals surface area contributed by atoms with Crippen LogP contribution in [-0.4, -0.2) is 54.6 Å². The second-order valence-corrected chi connectivity index (χ2v) is 9.08. The van der Waals surface area contributed by atoms with Crippen molar-refractivity contribution in [1.29, 1.82) is 0 Å². The molecule has 3 heterocycles. The van der Waals surface area contributed by atoms with Crippen LogP contribution in [0.4, 0.5) is 11.5 Å². The van der Waals surface area contributed by atoms with Gasteiger partial charge in [0.1, 0.15) is 5.82 Å². The van der Waals surface area contributed by atoms with Crippen LogP contribution in [0.3, 0.4) is 0 Å². The molecule has 0 radical (unpaired) electrons. The van der Waals surface area contributed by atoms with Crippen molar-refractivity contribution in [1.82, 2.24) is 14.9 Å². The van der Waals surface area contributed by atoms with Crippen molar-refractivity contribution < 1.29 is 13.2 Å². The van der Waals surface area contributed by atoms with Gasteiger partial charge in [-0.1, -0.05) is 0 Å². The summed E-state index contributed by atoms with van der Waals surface area (Å²) in [6.45, 7) is 4.72. The van der Waals surface area contributed by atoms with Crippen molar-refractivity contribution in [3.8, 4) is 11.1 Å². The Hall–Kier alpha value is -2.52. The number of sulfonamides is 1. The van der Waals surface area contributed by atoms with Gasteiger partial charge in [0, 0.05) is 24.9 Å². The Labute approximate surface area is 165 Å². The van der Waals surface area contributed by atoms with E-state index in [1.165, 1.54) is 6.92 Å². The van der Waals surface area contributed by atoms with Crippen molar-refractivity contribution in [2.24, 2.45) is 0 Å². The number of nitrogens with one attached hydrogen (secondary N) is 2. The van der Waals surface area contributed by atoms with Gasteiger partial charge in [-0.2, -0.15) is 0 Å². The molecule has 0 spiro atoms. The van der Waals surface area contributed by atoms with Gasteiger partial charge in [0.15, 0.2) is 0 Å². The molecule has 0 bridgehead atoms. The largest absolute Gasteiger partial charge is 0.311 e. The number of piperidine rings is 1. The van der Waals surface area contributed by atoms with Gasteiger partial charge < -0.3 is 10.2 Å². The SMILES string of the molecule is CC(=O)Nc1cc(-c2cnc(C)c(NS(=O)(=O)C3CCN(C)CC3)c2)ccn1. The van der Waals surface area contributed by atoms with Gasteiger partial charge in [0.25, 0.3) is 0 Å². The molecular formula is C19H25N5O3S. The van der Waals surface area contributed by atoms with Gasteiger partial charge in [-0.15, -0.1) is 0 Å². The molecular weight excluding hydrogens is 378 g/mol. The highest BCUT2D eigenvalue weighted by Crippen LogP contribution is 2.27. The van der Waals surface area contributed by atoms with Crippen molar-refractivity contribution in [3.63, 3.8) is 0 Å². The molecule has 1 aliphatic heterocycles. The van der Waals surface area contributed by atoms with E-state index < -0.39 is 15.3 Å². The highest BCUT2D eigenvalue weighted by Gasteiger charge is 2.29. The molecule has 2 aromatic rings. The molecule has 8 nitrogen and oxygen atoms in total. The number of carbonyl (C=O) groups is 1. The van der Waals surface area contributed by atoms with E-state index in [1.54, 1.807) is 37.5 Å². The van der Waals surface area contributed by atoms with Crippen LogP contribution in [-0.2, 0) is 14.8 Å². The fourth-order valence-corrected chi connectivity index (χ4v) is 4.70. The maximum atomic E-state index is 12.8. The van der Waals surface area contributed by atoms with E-state index in [0.717, 1.165) is 24.2 Å². The van der Waals surface area contributed by atoms with Crippen molar-refractivity contribution in [2.45, 2.75) is 31.9 Å². The molecule has 1 amide bonds. The van der Waals surface area contributed by atoms with E-state index in [-0.39, 0.29) is 5.91 Å². The summed E-state index contributed by atoms with van der Waals surface area (Å²) >= 11 is 0. The fourth-order valence-electron chi connectivity index (χ4n) is 3.18. The van der Waals surface area contributed by atoms with Crippen LogP contribution >= 0.6 is 0 Å². The third-order valence-corrected chi connectivity index (χ3v) is 6.69. The van der Waals surface area contributed by atoms with Crippen LogP contribution in [0.25, 0.3) is 11.1 Å². The van der Waals surface area contributed by atoms with Gasteiger partial charge in [-0.05, 0) is 63.7 Å². The first kappa shape index (κ1) is 20.2. The summed E-state index contributed by atoms with van der Waals surface area (Å²) in [5.74, 6) is 0.220. The number of amides is 1. The Morgan fingerprint density at radius 3 is 2.57 bits per heavy atom. The Bertz CT molecular complexity index is 969. The monoisotopic (exact) mass is 403 g/mol. The summed E-state index contributed by atoms with van der Waals surface area (Å²) in [5, 5.41) is 2.24. The minimum atomic E-state index is -3.49. The van der Waals surface area contributed by atoms with E-state index in [4.69, 9.17) is 0 Å². The first-order chi connectivity index (χ1) is 13.2. The molecule has 28 heavy (non-hydrogen) atoms. The van der Waals surface area contributed by atoms with Gasteiger partial charge in [0.2, 0.25) is 15.9 Å². The number of aromatic nitrogens is 2. The van der Waals surface area contributed by atoms with E-state index >= 15 is 0 Å². The second-order valence-electron chi connectivity index (χ2n) is 7.12. The van der Waals surface area contributed by atoms with Crippen molar-refractivity contribution >= 4 is 27.4 Å². The number of rotatable bonds is 5. The van der Waals surface area contributed by atoms with Gasteiger partial charge in [0.05, 0.1) is 16.6 Å². The lowest BCUT2D eigenvalue weighted by atomic mass is 10.1. The van der Waals surface area contributed by atoms with E-state index in [0.29, 0.717) is 30.0 Å². The molecule has 1 aliphatic rings. The Morgan fingerprint density at radius 2 is 1.89 bits per heavy atom. The highest BCUT2D eigenvalue weighted by atomic mass is 32.2. The first-order valence-corrected chi connectivity index (χ1v) is 10.7. The lowest BCUT2D eigenvalue weighted by molar-refractivity contribution is -0.114. The number of hydrogen-bond donors (Lipinski definition) is 2. The summed E-state index contributed by atoms with van der Waals surface area (Å²) in [6, 6.07) is 5.28. The van der Waals surface area contributed by atoms with Crippen LogP contribution in [0.15, 0.2) is 30.6 Å². The number of anilines is 2. The van der Waals surface area contributed by atoms with E-state index in [2.05, 4.69) is 24.9 Å². The fraction of sp³-hybridized carbons (Fsp3) is 0.421. The van der Waals surface area contributed by atoms with Crippen LogP contribution in [0.5, 0.6) is 0 Å². The minimum Gasteiger partial charge on any atom is -0.311 e. The molecule has 3 rings (SSSR count). The van der Waals surface area contributed by atoms with Crippen LogP contribution < -0.4 is 10.0 Å². The first-order valence-electron chi connectivity index (χ1n) is 9.15. The predicted molar refractivity (Wildman–Crippen MR) is 110 cm³/mol. The standard InChI is InChI=1S/C19H25N5O3S/c1-13-18(23-28(26,27)17-5-8-24(3)9-6-17)10-16(12-21-13)15-4-7-20-19(11-15)22-14(2)25/h4,7,10-12,17,23H,5-6,8-9H2,1-3H3,(H,20,22,25). The number of pyridine rings is 2. The maximum Gasteiger partial charge on any atom is 0.235 e. The lowest BCUT2D eigenvalue weighted by Crippen LogP contribution is -2.39. The van der Waals surface area contributed by atoms with Crippen LogP contribution in [0.1, 0.15) is 25.5 Å². The zero-order chi connectivity index (χ0) is 20.3. The molecule has 0 aromatic carbocycles. The number of carbonyl (C=O) groups excluding carboxylic acids is 1. The summed E-state index contributed by atoms with van der Waals surface area (Å²) in [7, 11) is -1.49. The number of aryl methyl sites for hydroxylation is 1. The molecule has 2 N–H and O–H groups in total. The van der Waals surface area contributed by atoms with Gasteiger partial charge in [-0.3, -0.25) is 14.5 Å². The Kier molecular flexibility index (Phi) is 5.95. The molecule has 0 saturated carbocycles. The van der Waals surface area contributed by atoms with E-state index in [1.807, 2.05) is 7.05 Å². The predicted octanol–water partition coefficient (Wildman–Crippen LogP) is 2.25. The maximum absolute atomic E-state index is 12.8. The molecule has 2 aromatic heterocycles. The lowest BCUT2D eigenvalue weighted by Gasteiger charge is -2.29. The summed E-state index contributed by atoms with van der Waals surface area (Å²) in [4.78, 5) is 21.8. The summed E-state index contributed by atoms with van der Waals surface area (Å²) < 4.78 is 28.4. The zero-order valence-electron chi connectivity index (χ0n) is 16.3. The highest BCUT2D eigenvalue weighted by molar-refractivity contribution is 7.93. The Morgan fingerprint density at radius 1 is 1.18 bits per heavy atom. The molecule has 1 fully saturated rings.